The molecule has 3 N–H and O–H groups in total. The van der Waals surface area contributed by atoms with Gasteiger partial charge < -0.3 is 15.3 Å². The lowest BCUT2D eigenvalue weighted by Gasteiger charge is -2.17. The molecule has 0 spiro atoms. The summed E-state index contributed by atoms with van der Waals surface area (Å²) in [5.74, 6) is -1.33. The van der Waals surface area contributed by atoms with Gasteiger partial charge in [-0.15, -0.1) is 0 Å². The van der Waals surface area contributed by atoms with E-state index in [4.69, 9.17) is 5.11 Å². The van der Waals surface area contributed by atoms with Gasteiger partial charge in [0.2, 0.25) is 0 Å². The molecular weight excluding hydrogens is 284 g/mol. The maximum atomic E-state index is 12.4. The van der Waals surface area contributed by atoms with Gasteiger partial charge in [-0.05, 0) is 22.8 Å². The van der Waals surface area contributed by atoms with E-state index in [2.05, 4.69) is 0 Å². The number of ketones is 1. The Hall–Kier alpha value is -2.50. The van der Waals surface area contributed by atoms with Gasteiger partial charge >= 0.3 is 5.97 Å². The number of hydrogen-bond acceptors (Lipinski definition) is 4. The third kappa shape index (κ3) is 2.30. The molecule has 5 heteroatoms. The normalized spacial score (nSPS) is 15.1. The number of rotatable bonds is 4. The first-order chi connectivity index (χ1) is 10.5. The molecule has 1 aliphatic rings. The van der Waals surface area contributed by atoms with Crippen LogP contribution in [0.1, 0.15) is 34.0 Å². The Morgan fingerprint density at radius 3 is 2.27 bits per heavy atom. The van der Waals surface area contributed by atoms with Gasteiger partial charge in [0.1, 0.15) is 6.10 Å². The zero-order valence-electron chi connectivity index (χ0n) is 11.6. The predicted octanol–water partition coefficient (Wildman–Crippen LogP) is 1.77. The van der Waals surface area contributed by atoms with Crippen LogP contribution < -0.4 is 0 Å². The second kappa shape index (κ2) is 5.36. The summed E-state index contributed by atoms with van der Waals surface area (Å²) in [5.41, 5.74) is 3.02. The predicted molar refractivity (Wildman–Crippen MR) is 78.5 cm³/mol. The van der Waals surface area contributed by atoms with Crippen molar-refractivity contribution >= 4 is 11.8 Å². The van der Waals surface area contributed by atoms with E-state index < -0.39 is 24.6 Å². The average Bonchev–Trinajstić information content (AvgIpc) is 2.79. The minimum absolute atomic E-state index is 0.132. The summed E-state index contributed by atoms with van der Waals surface area (Å²) in [6.07, 6.45) is -3.33. The topological polar surface area (TPSA) is 94.8 Å². The molecule has 0 amide bonds. The van der Waals surface area contributed by atoms with E-state index >= 15 is 0 Å². The quantitative estimate of drug-likeness (QED) is 0.682. The van der Waals surface area contributed by atoms with Crippen LogP contribution in [0.15, 0.2) is 42.5 Å². The number of fused-ring (bicyclic) bond motifs is 3. The van der Waals surface area contributed by atoms with Crippen molar-refractivity contribution in [1.29, 1.82) is 0 Å². The molecule has 22 heavy (non-hydrogen) atoms. The van der Waals surface area contributed by atoms with E-state index in [-0.39, 0.29) is 5.78 Å². The molecule has 3 rings (SSSR count). The number of carbonyl (C=O) groups excluding carboxylic acids is 1. The monoisotopic (exact) mass is 298 g/mol. The summed E-state index contributed by atoms with van der Waals surface area (Å²) < 4.78 is 0. The molecule has 5 nitrogen and oxygen atoms in total. The molecule has 2 aromatic rings. The first-order valence-electron chi connectivity index (χ1n) is 6.85. The van der Waals surface area contributed by atoms with Crippen molar-refractivity contribution in [1.82, 2.24) is 0 Å². The fourth-order valence-corrected chi connectivity index (χ4v) is 2.74. The molecule has 0 saturated carbocycles. The first kappa shape index (κ1) is 14.4. The fourth-order valence-electron chi connectivity index (χ4n) is 2.74. The number of carboxylic acid groups (broad SMARTS) is 1. The number of aliphatic hydroxyl groups is 2. The highest BCUT2D eigenvalue weighted by atomic mass is 16.4. The van der Waals surface area contributed by atoms with Crippen LogP contribution in [0.4, 0.5) is 0 Å². The van der Waals surface area contributed by atoms with Crippen LogP contribution in [-0.2, 0) is 4.79 Å². The highest BCUT2D eigenvalue weighted by Gasteiger charge is 2.28. The first-order valence-corrected chi connectivity index (χ1v) is 6.85. The third-order valence-electron chi connectivity index (χ3n) is 3.84. The van der Waals surface area contributed by atoms with Gasteiger partial charge in [-0.1, -0.05) is 36.4 Å². The summed E-state index contributed by atoms with van der Waals surface area (Å²) in [4.78, 5) is 23.0. The molecule has 0 heterocycles. The van der Waals surface area contributed by atoms with E-state index in [1.54, 1.807) is 24.3 Å². The number of carboxylic acids is 1. The molecule has 2 atom stereocenters. The van der Waals surface area contributed by atoms with Crippen LogP contribution in [-0.4, -0.2) is 33.2 Å². The van der Waals surface area contributed by atoms with Crippen molar-refractivity contribution < 1.29 is 24.9 Å². The molecule has 1 aliphatic carbocycles. The lowest BCUT2D eigenvalue weighted by atomic mass is 9.97. The second-order valence-electron chi connectivity index (χ2n) is 5.29. The Morgan fingerprint density at radius 2 is 1.59 bits per heavy atom. The number of hydrogen-bond donors (Lipinski definition) is 3. The molecule has 0 fully saturated rings. The Balaban J connectivity index is 1.97. The number of carbonyl (C=O) groups is 2. The van der Waals surface area contributed by atoms with Gasteiger partial charge in [-0.2, -0.15) is 0 Å². The van der Waals surface area contributed by atoms with Gasteiger partial charge in [0.05, 0.1) is 12.5 Å². The van der Waals surface area contributed by atoms with E-state index in [0.717, 1.165) is 11.1 Å². The van der Waals surface area contributed by atoms with Crippen molar-refractivity contribution in [2.24, 2.45) is 0 Å². The van der Waals surface area contributed by atoms with Crippen molar-refractivity contribution in [2.45, 2.75) is 18.6 Å². The summed E-state index contributed by atoms with van der Waals surface area (Å²) >= 11 is 0. The molecule has 0 aromatic heterocycles. The van der Waals surface area contributed by atoms with E-state index in [9.17, 15) is 19.8 Å². The number of aliphatic hydroxyl groups excluding tert-OH is 2. The minimum atomic E-state index is -1.42. The lowest BCUT2D eigenvalue weighted by molar-refractivity contribution is -0.141. The summed E-state index contributed by atoms with van der Waals surface area (Å²) in [7, 11) is 0. The van der Waals surface area contributed by atoms with E-state index in [1.165, 1.54) is 6.07 Å². The third-order valence-corrected chi connectivity index (χ3v) is 3.84. The van der Waals surface area contributed by atoms with Gasteiger partial charge in [0.25, 0.3) is 0 Å². The maximum Gasteiger partial charge on any atom is 0.306 e. The van der Waals surface area contributed by atoms with E-state index in [0.29, 0.717) is 16.7 Å². The van der Waals surface area contributed by atoms with Crippen molar-refractivity contribution in [3.8, 4) is 11.1 Å². The minimum Gasteiger partial charge on any atom is -0.481 e. The molecule has 0 radical (unpaired) electrons. The zero-order valence-corrected chi connectivity index (χ0v) is 11.6. The average molecular weight is 298 g/mol. The molecule has 0 aliphatic heterocycles. The summed E-state index contributed by atoms with van der Waals surface area (Å²) in [6.45, 7) is 0. The smallest absolute Gasteiger partial charge is 0.306 e. The summed E-state index contributed by atoms with van der Waals surface area (Å²) in [6, 6.07) is 12.1. The maximum absolute atomic E-state index is 12.4. The highest BCUT2D eigenvalue weighted by Crippen LogP contribution is 2.37. The van der Waals surface area contributed by atoms with Crippen molar-refractivity contribution in [3.63, 3.8) is 0 Å². The molecule has 2 unspecified atom stereocenters. The standard InChI is InChI=1S/C17H14O5/c18-14(8-15(19)20)16(21)9-5-6-11-10-3-1-2-4-12(10)17(22)13(11)7-9/h1-7,14,16,18,21H,8H2,(H,19,20). The van der Waals surface area contributed by atoms with Crippen LogP contribution in [0.25, 0.3) is 11.1 Å². The van der Waals surface area contributed by atoms with Gasteiger partial charge in [0.15, 0.2) is 5.78 Å². The molecule has 112 valence electrons. The lowest BCUT2D eigenvalue weighted by Crippen LogP contribution is -2.21. The largest absolute Gasteiger partial charge is 0.481 e. The second-order valence-corrected chi connectivity index (χ2v) is 5.29. The van der Waals surface area contributed by atoms with Crippen LogP contribution in [0.5, 0.6) is 0 Å². The van der Waals surface area contributed by atoms with Crippen LogP contribution in [0.3, 0.4) is 0 Å². The number of benzene rings is 2. The van der Waals surface area contributed by atoms with Gasteiger partial charge in [0, 0.05) is 11.1 Å². The summed E-state index contributed by atoms with van der Waals surface area (Å²) in [5, 5.41) is 28.4. The van der Waals surface area contributed by atoms with Gasteiger partial charge in [-0.3, -0.25) is 9.59 Å². The Labute approximate surface area is 126 Å². The fraction of sp³-hybridized carbons (Fsp3) is 0.176. The molecule has 2 aromatic carbocycles. The van der Waals surface area contributed by atoms with Crippen LogP contribution >= 0.6 is 0 Å². The highest BCUT2D eigenvalue weighted by molar-refractivity contribution is 6.21. The Kier molecular flexibility index (Phi) is 3.52. The SMILES string of the molecule is O=C(O)CC(O)C(O)c1ccc2c(c1)C(=O)c1ccccc1-2. The zero-order chi connectivity index (χ0) is 15.9. The molecule has 0 saturated heterocycles. The van der Waals surface area contributed by atoms with E-state index in [1.807, 2.05) is 12.1 Å². The molecule has 0 bridgehead atoms. The van der Waals surface area contributed by atoms with Crippen LogP contribution in [0.2, 0.25) is 0 Å². The van der Waals surface area contributed by atoms with Crippen molar-refractivity contribution in [3.05, 3.63) is 59.2 Å². The van der Waals surface area contributed by atoms with Crippen LogP contribution in [0, 0.1) is 0 Å². The number of aliphatic carboxylic acids is 1. The Bertz CT molecular complexity index is 765. The van der Waals surface area contributed by atoms with Crippen molar-refractivity contribution in [2.75, 3.05) is 0 Å². The van der Waals surface area contributed by atoms with Gasteiger partial charge in [-0.25, -0.2) is 0 Å². The Morgan fingerprint density at radius 1 is 0.955 bits per heavy atom. The molecular formula is C17H14O5.